The summed E-state index contributed by atoms with van der Waals surface area (Å²) in [6.07, 6.45) is 1.62. The number of amides is 1. The second kappa shape index (κ2) is 7.09. The Bertz CT molecular complexity index is 424. The fourth-order valence-corrected chi connectivity index (χ4v) is 1.89. The van der Waals surface area contributed by atoms with Crippen LogP contribution >= 0.6 is 12.4 Å². The van der Waals surface area contributed by atoms with Crippen LogP contribution in [0.2, 0.25) is 0 Å². The number of carbonyl (C=O) groups excluding carboxylic acids is 1. The third-order valence-corrected chi connectivity index (χ3v) is 3.74. The first-order valence-electron chi connectivity index (χ1n) is 6.86. The lowest BCUT2D eigenvalue weighted by Gasteiger charge is -2.31. The number of nitrogens with zero attached hydrogens (tertiary/aromatic N) is 1. The lowest BCUT2D eigenvalue weighted by molar-refractivity contribution is 0.0890. The van der Waals surface area contributed by atoms with Gasteiger partial charge in [-0.3, -0.25) is 9.89 Å². The van der Waals surface area contributed by atoms with Crippen molar-refractivity contribution in [2.75, 3.05) is 6.54 Å². The maximum Gasteiger partial charge on any atom is 0.272 e. The van der Waals surface area contributed by atoms with Crippen molar-refractivity contribution in [1.82, 2.24) is 15.5 Å². The molecule has 0 radical (unpaired) electrons. The Kier molecular flexibility index (Phi) is 6.71. The van der Waals surface area contributed by atoms with Crippen molar-refractivity contribution in [3.05, 3.63) is 17.5 Å². The zero-order valence-electron chi connectivity index (χ0n) is 13.0. The molecule has 1 rings (SSSR count). The van der Waals surface area contributed by atoms with E-state index >= 15 is 0 Å². The van der Waals surface area contributed by atoms with Crippen LogP contribution in [-0.4, -0.2) is 28.2 Å². The van der Waals surface area contributed by atoms with Gasteiger partial charge in [-0.25, -0.2) is 0 Å². The van der Waals surface area contributed by atoms with E-state index in [2.05, 4.69) is 36.3 Å². The summed E-state index contributed by atoms with van der Waals surface area (Å²) in [7, 11) is 0. The molecule has 1 heterocycles. The van der Waals surface area contributed by atoms with Gasteiger partial charge >= 0.3 is 0 Å². The minimum absolute atomic E-state index is 0. The average Bonchev–Trinajstić information content (AvgIpc) is 2.85. The molecule has 6 heteroatoms. The number of nitrogens with two attached hydrogens (primary N) is 1. The van der Waals surface area contributed by atoms with Gasteiger partial charge in [0.1, 0.15) is 5.69 Å². The van der Waals surface area contributed by atoms with Gasteiger partial charge in [-0.1, -0.05) is 34.6 Å². The summed E-state index contributed by atoms with van der Waals surface area (Å²) in [5.41, 5.74) is 6.77. The molecular formula is C14H27ClN4O. The van der Waals surface area contributed by atoms with E-state index in [0.717, 1.165) is 18.5 Å². The van der Waals surface area contributed by atoms with Crippen LogP contribution in [0.25, 0.3) is 0 Å². The van der Waals surface area contributed by atoms with Crippen molar-refractivity contribution < 1.29 is 4.79 Å². The molecule has 20 heavy (non-hydrogen) atoms. The Morgan fingerprint density at radius 3 is 2.25 bits per heavy atom. The maximum absolute atomic E-state index is 12.2. The molecule has 0 aliphatic carbocycles. The molecule has 0 aliphatic heterocycles. The van der Waals surface area contributed by atoms with E-state index in [-0.39, 0.29) is 29.3 Å². The minimum Gasteiger partial charge on any atom is -0.344 e. The molecule has 0 fully saturated rings. The summed E-state index contributed by atoms with van der Waals surface area (Å²) in [6, 6.07) is 1.81. The zero-order chi connectivity index (χ0) is 14.7. The quantitative estimate of drug-likeness (QED) is 0.781. The smallest absolute Gasteiger partial charge is 0.272 e. The molecule has 0 atom stereocenters. The Balaban J connectivity index is 0.00000361. The van der Waals surface area contributed by atoms with E-state index in [9.17, 15) is 4.79 Å². The lowest BCUT2D eigenvalue weighted by Crippen LogP contribution is -2.52. The first-order chi connectivity index (χ1) is 8.78. The van der Waals surface area contributed by atoms with Gasteiger partial charge < -0.3 is 11.1 Å². The second-order valence-corrected chi connectivity index (χ2v) is 6.06. The van der Waals surface area contributed by atoms with E-state index < -0.39 is 0 Å². The van der Waals surface area contributed by atoms with Crippen LogP contribution in [0.3, 0.4) is 0 Å². The molecule has 0 bridgehead atoms. The molecule has 0 unspecified atom stereocenters. The summed E-state index contributed by atoms with van der Waals surface area (Å²) in [4.78, 5) is 12.2. The van der Waals surface area contributed by atoms with E-state index in [1.807, 2.05) is 19.9 Å². The van der Waals surface area contributed by atoms with Crippen LogP contribution in [0, 0.1) is 0 Å². The summed E-state index contributed by atoms with van der Waals surface area (Å²) in [5.74, 6) is -0.166. The van der Waals surface area contributed by atoms with Crippen LogP contribution in [0.5, 0.6) is 0 Å². The second-order valence-electron chi connectivity index (χ2n) is 6.06. The minimum atomic E-state index is -0.335. The number of H-pyrrole nitrogens is 1. The van der Waals surface area contributed by atoms with Crippen LogP contribution in [0.4, 0.5) is 0 Å². The summed E-state index contributed by atoms with van der Waals surface area (Å²) < 4.78 is 0. The summed E-state index contributed by atoms with van der Waals surface area (Å²) >= 11 is 0. The van der Waals surface area contributed by atoms with Crippen molar-refractivity contribution >= 4 is 18.3 Å². The number of aromatic nitrogens is 2. The number of aromatic amines is 1. The molecule has 1 aromatic heterocycles. The summed E-state index contributed by atoms with van der Waals surface area (Å²) in [6.45, 7) is 10.7. The van der Waals surface area contributed by atoms with Crippen LogP contribution < -0.4 is 11.1 Å². The molecule has 0 saturated heterocycles. The normalized spacial score (nSPS) is 11.9. The number of hydrogen-bond acceptors (Lipinski definition) is 3. The van der Waals surface area contributed by atoms with Gasteiger partial charge in [0, 0.05) is 17.7 Å². The SMILES string of the molecule is CCC(CC)(CN)NC(=O)c1cc(C(C)(C)C)[nH]n1.Cl. The largest absolute Gasteiger partial charge is 0.344 e. The predicted octanol–water partition coefficient (Wildman–Crippen LogP) is 2.38. The highest BCUT2D eigenvalue weighted by Gasteiger charge is 2.28. The van der Waals surface area contributed by atoms with Crippen molar-refractivity contribution in [2.24, 2.45) is 5.73 Å². The third kappa shape index (κ3) is 4.21. The topological polar surface area (TPSA) is 83.8 Å². The Morgan fingerprint density at radius 2 is 1.90 bits per heavy atom. The molecule has 0 aromatic carbocycles. The van der Waals surface area contributed by atoms with Crippen molar-refractivity contribution in [3.8, 4) is 0 Å². The highest BCUT2D eigenvalue weighted by Crippen LogP contribution is 2.21. The lowest BCUT2D eigenvalue weighted by atomic mass is 9.91. The zero-order valence-corrected chi connectivity index (χ0v) is 13.9. The van der Waals surface area contributed by atoms with Crippen LogP contribution in [0.1, 0.15) is 63.6 Å². The molecule has 4 N–H and O–H groups in total. The fourth-order valence-electron chi connectivity index (χ4n) is 1.89. The van der Waals surface area contributed by atoms with Gasteiger partial charge in [-0.05, 0) is 18.9 Å². The molecular weight excluding hydrogens is 276 g/mol. The van der Waals surface area contributed by atoms with Crippen molar-refractivity contribution in [1.29, 1.82) is 0 Å². The first kappa shape index (κ1) is 18.9. The van der Waals surface area contributed by atoms with Crippen molar-refractivity contribution in [2.45, 2.75) is 58.4 Å². The predicted molar refractivity (Wildman–Crippen MR) is 84.4 cm³/mol. The molecule has 1 amide bonds. The van der Waals surface area contributed by atoms with Gasteiger partial charge in [-0.2, -0.15) is 5.10 Å². The van der Waals surface area contributed by atoms with E-state index in [4.69, 9.17) is 5.73 Å². The molecule has 0 aliphatic rings. The Labute approximate surface area is 127 Å². The fraction of sp³-hybridized carbons (Fsp3) is 0.714. The molecule has 0 spiro atoms. The number of hydrogen-bond donors (Lipinski definition) is 3. The number of carbonyl (C=O) groups is 1. The number of halogens is 1. The van der Waals surface area contributed by atoms with E-state index in [0.29, 0.717) is 12.2 Å². The van der Waals surface area contributed by atoms with E-state index in [1.165, 1.54) is 0 Å². The van der Waals surface area contributed by atoms with Gasteiger partial charge in [0.05, 0.1) is 5.54 Å². The van der Waals surface area contributed by atoms with Gasteiger partial charge in [-0.15, -0.1) is 12.4 Å². The standard InChI is InChI=1S/C14H26N4O.ClH/c1-6-14(7-2,9-15)16-12(19)10-8-11(18-17-10)13(3,4)5;/h8H,6-7,9,15H2,1-5H3,(H,16,19)(H,17,18);1H. The molecule has 0 saturated carbocycles. The van der Waals surface area contributed by atoms with Crippen LogP contribution in [-0.2, 0) is 5.41 Å². The third-order valence-electron chi connectivity index (χ3n) is 3.74. The van der Waals surface area contributed by atoms with E-state index in [1.54, 1.807) is 0 Å². The molecule has 5 nitrogen and oxygen atoms in total. The maximum atomic E-state index is 12.2. The Hall–Kier alpha value is -1.07. The molecule has 116 valence electrons. The number of rotatable bonds is 5. The molecule has 1 aromatic rings. The van der Waals surface area contributed by atoms with Gasteiger partial charge in [0.15, 0.2) is 0 Å². The monoisotopic (exact) mass is 302 g/mol. The van der Waals surface area contributed by atoms with Crippen molar-refractivity contribution in [3.63, 3.8) is 0 Å². The number of nitrogens with one attached hydrogen (secondary N) is 2. The van der Waals surface area contributed by atoms with Gasteiger partial charge in [0.25, 0.3) is 5.91 Å². The highest BCUT2D eigenvalue weighted by molar-refractivity contribution is 5.93. The first-order valence-corrected chi connectivity index (χ1v) is 6.86. The van der Waals surface area contributed by atoms with Gasteiger partial charge in [0.2, 0.25) is 0 Å². The average molecular weight is 303 g/mol. The summed E-state index contributed by atoms with van der Waals surface area (Å²) in [5, 5.41) is 10.0. The highest BCUT2D eigenvalue weighted by atomic mass is 35.5. The van der Waals surface area contributed by atoms with Crippen LogP contribution in [0.15, 0.2) is 6.07 Å². The Morgan fingerprint density at radius 1 is 1.35 bits per heavy atom.